The number of hydrogen-bond donors (Lipinski definition) is 2. The van der Waals surface area contributed by atoms with Crippen molar-refractivity contribution in [3.63, 3.8) is 0 Å². The van der Waals surface area contributed by atoms with E-state index in [4.69, 9.17) is 4.74 Å². The summed E-state index contributed by atoms with van der Waals surface area (Å²) in [5.74, 6) is 0.779. The number of aromatic nitrogens is 6. The Morgan fingerprint density at radius 3 is 2.82 bits per heavy atom. The van der Waals surface area contributed by atoms with Crippen LogP contribution in [0.3, 0.4) is 0 Å². The molecule has 4 heterocycles. The lowest BCUT2D eigenvalue weighted by Crippen LogP contribution is -2.00. The molecular weight excluding hydrogens is 354 g/mol. The number of aromatic amines is 1. The molecule has 5 aromatic rings. The zero-order valence-corrected chi connectivity index (χ0v) is 15.5. The van der Waals surface area contributed by atoms with Crippen LogP contribution in [0.4, 0.5) is 5.69 Å². The number of fused-ring (bicyclic) bond motifs is 2. The van der Waals surface area contributed by atoms with E-state index >= 15 is 0 Å². The van der Waals surface area contributed by atoms with Crippen LogP contribution in [0, 0.1) is 0 Å². The number of benzene rings is 1. The SMILES string of the molecule is COc1cc(-c2cnn(C)c2)cn2ncc(CNc3ccc4[nH]ncc4c3)c12. The van der Waals surface area contributed by atoms with Crippen LogP contribution in [0.5, 0.6) is 5.75 Å². The maximum atomic E-state index is 5.67. The molecule has 0 spiro atoms. The number of hydrogen-bond acceptors (Lipinski definition) is 5. The van der Waals surface area contributed by atoms with Crippen LogP contribution in [-0.4, -0.2) is 36.7 Å². The Kier molecular flexibility index (Phi) is 3.75. The standard InChI is InChI=1S/C20H19N7O/c1-26-11-16(10-23-26)14-6-19(28-2)20-15(9-24-27(20)12-14)7-21-17-3-4-18-13(5-17)8-22-25-18/h3-6,8-12,21H,7H2,1-2H3,(H,22,25). The highest BCUT2D eigenvalue weighted by Gasteiger charge is 2.13. The van der Waals surface area contributed by atoms with E-state index in [2.05, 4.69) is 31.8 Å². The van der Waals surface area contributed by atoms with Gasteiger partial charge in [-0.05, 0) is 24.3 Å². The van der Waals surface area contributed by atoms with Gasteiger partial charge in [-0.2, -0.15) is 15.3 Å². The smallest absolute Gasteiger partial charge is 0.145 e. The number of aryl methyl sites for hydroxylation is 1. The number of nitrogens with one attached hydrogen (secondary N) is 2. The minimum atomic E-state index is 0.634. The molecule has 0 amide bonds. The summed E-state index contributed by atoms with van der Waals surface area (Å²) >= 11 is 0. The normalized spacial score (nSPS) is 11.4. The zero-order chi connectivity index (χ0) is 19.1. The first-order valence-electron chi connectivity index (χ1n) is 8.91. The zero-order valence-electron chi connectivity index (χ0n) is 15.5. The van der Waals surface area contributed by atoms with E-state index in [1.807, 2.05) is 60.7 Å². The second-order valence-electron chi connectivity index (χ2n) is 6.69. The highest BCUT2D eigenvalue weighted by atomic mass is 16.5. The molecule has 140 valence electrons. The summed E-state index contributed by atoms with van der Waals surface area (Å²) in [6.45, 7) is 0.634. The highest BCUT2D eigenvalue weighted by Crippen LogP contribution is 2.30. The summed E-state index contributed by atoms with van der Waals surface area (Å²) in [6.07, 6.45) is 9.49. The van der Waals surface area contributed by atoms with E-state index in [0.29, 0.717) is 6.54 Å². The number of ether oxygens (including phenoxy) is 1. The third-order valence-electron chi connectivity index (χ3n) is 4.83. The molecule has 0 aliphatic heterocycles. The number of anilines is 1. The van der Waals surface area contributed by atoms with Gasteiger partial charge in [-0.25, -0.2) is 4.52 Å². The van der Waals surface area contributed by atoms with Gasteiger partial charge in [-0.1, -0.05) is 0 Å². The van der Waals surface area contributed by atoms with Gasteiger partial charge in [0.15, 0.2) is 0 Å². The molecule has 0 bridgehead atoms. The molecule has 5 rings (SSSR count). The lowest BCUT2D eigenvalue weighted by Gasteiger charge is -2.09. The predicted molar refractivity (Wildman–Crippen MR) is 107 cm³/mol. The monoisotopic (exact) mass is 373 g/mol. The minimum absolute atomic E-state index is 0.634. The second-order valence-corrected chi connectivity index (χ2v) is 6.69. The fourth-order valence-corrected chi connectivity index (χ4v) is 3.41. The maximum absolute atomic E-state index is 5.67. The summed E-state index contributed by atoms with van der Waals surface area (Å²) < 4.78 is 9.30. The minimum Gasteiger partial charge on any atom is -0.494 e. The number of rotatable bonds is 5. The third-order valence-corrected chi connectivity index (χ3v) is 4.83. The van der Waals surface area contributed by atoms with Crippen LogP contribution < -0.4 is 10.1 Å². The van der Waals surface area contributed by atoms with Crippen LogP contribution in [0.25, 0.3) is 27.5 Å². The number of pyridine rings is 1. The summed E-state index contributed by atoms with van der Waals surface area (Å²) in [6, 6.07) is 8.14. The van der Waals surface area contributed by atoms with Crippen molar-refractivity contribution in [1.29, 1.82) is 0 Å². The maximum Gasteiger partial charge on any atom is 0.145 e. The first-order valence-corrected chi connectivity index (χ1v) is 8.91. The van der Waals surface area contributed by atoms with Gasteiger partial charge in [0, 0.05) is 53.8 Å². The average molecular weight is 373 g/mol. The Bertz CT molecular complexity index is 1280. The molecule has 0 saturated carbocycles. The van der Waals surface area contributed by atoms with Gasteiger partial charge >= 0.3 is 0 Å². The predicted octanol–water partition coefficient (Wildman–Crippen LogP) is 3.23. The fourth-order valence-electron chi connectivity index (χ4n) is 3.41. The average Bonchev–Trinajstić information content (AvgIpc) is 3.44. The lowest BCUT2D eigenvalue weighted by molar-refractivity contribution is 0.417. The summed E-state index contributed by atoms with van der Waals surface area (Å²) in [5.41, 5.74) is 6.08. The van der Waals surface area contributed by atoms with Gasteiger partial charge in [0.1, 0.15) is 11.3 Å². The van der Waals surface area contributed by atoms with Gasteiger partial charge < -0.3 is 10.1 Å². The molecule has 2 N–H and O–H groups in total. The van der Waals surface area contributed by atoms with Gasteiger partial charge in [0.05, 0.1) is 31.2 Å². The van der Waals surface area contributed by atoms with Crippen LogP contribution in [0.1, 0.15) is 5.56 Å². The third kappa shape index (κ3) is 2.75. The first-order chi connectivity index (χ1) is 13.7. The number of H-pyrrole nitrogens is 1. The Morgan fingerprint density at radius 1 is 1.07 bits per heavy atom. The van der Waals surface area contributed by atoms with Crippen molar-refractivity contribution in [3.8, 4) is 16.9 Å². The largest absolute Gasteiger partial charge is 0.494 e. The quantitative estimate of drug-likeness (QED) is 0.494. The highest BCUT2D eigenvalue weighted by molar-refractivity contribution is 5.82. The van der Waals surface area contributed by atoms with Crippen LogP contribution in [-0.2, 0) is 13.6 Å². The topological polar surface area (TPSA) is 85.1 Å². The van der Waals surface area contributed by atoms with E-state index in [9.17, 15) is 0 Å². The van der Waals surface area contributed by atoms with Crippen molar-refractivity contribution in [2.24, 2.45) is 7.05 Å². The molecule has 8 heteroatoms. The van der Waals surface area contributed by atoms with E-state index in [1.54, 1.807) is 11.8 Å². The molecule has 0 atom stereocenters. The molecular formula is C20H19N7O. The molecule has 8 nitrogen and oxygen atoms in total. The van der Waals surface area contributed by atoms with Crippen LogP contribution in [0.15, 0.2) is 55.2 Å². The van der Waals surface area contributed by atoms with Gasteiger partial charge in [0.25, 0.3) is 0 Å². The Balaban J connectivity index is 1.47. The van der Waals surface area contributed by atoms with Crippen molar-refractivity contribution in [3.05, 3.63) is 60.8 Å². The summed E-state index contributed by atoms with van der Waals surface area (Å²) in [5, 5.41) is 20.3. The summed E-state index contributed by atoms with van der Waals surface area (Å²) in [7, 11) is 3.58. The second kappa shape index (κ2) is 6.41. The molecule has 0 saturated heterocycles. The Labute approximate surface area is 160 Å². The van der Waals surface area contributed by atoms with E-state index < -0.39 is 0 Å². The molecule has 0 radical (unpaired) electrons. The van der Waals surface area contributed by atoms with Crippen molar-refractivity contribution >= 4 is 22.1 Å². The van der Waals surface area contributed by atoms with Crippen molar-refractivity contribution in [1.82, 2.24) is 29.6 Å². The van der Waals surface area contributed by atoms with Crippen LogP contribution in [0.2, 0.25) is 0 Å². The number of methoxy groups -OCH3 is 1. The molecule has 0 aliphatic carbocycles. The Hall–Kier alpha value is -3.81. The van der Waals surface area contributed by atoms with Crippen LogP contribution >= 0.6 is 0 Å². The van der Waals surface area contributed by atoms with Crippen molar-refractivity contribution < 1.29 is 4.74 Å². The molecule has 1 aromatic carbocycles. The molecule has 4 aromatic heterocycles. The van der Waals surface area contributed by atoms with Gasteiger partial charge in [-0.3, -0.25) is 9.78 Å². The molecule has 0 unspecified atom stereocenters. The molecule has 0 fully saturated rings. The fraction of sp³-hybridized carbons (Fsp3) is 0.150. The summed E-state index contributed by atoms with van der Waals surface area (Å²) in [4.78, 5) is 0. The van der Waals surface area contributed by atoms with Gasteiger partial charge in [-0.15, -0.1) is 0 Å². The van der Waals surface area contributed by atoms with Gasteiger partial charge in [0.2, 0.25) is 0 Å². The van der Waals surface area contributed by atoms with E-state index in [-0.39, 0.29) is 0 Å². The Morgan fingerprint density at radius 2 is 2.00 bits per heavy atom. The molecule has 28 heavy (non-hydrogen) atoms. The first kappa shape index (κ1) is 16.4. The number of nitrogens with zero attached hydrogens (tertiary/aromatic N) is 5. The van der Waals surface area contributed by atoms with Crippen molar-refractivity contribution in [2.75, 3.05) is 12.4 Å². The van der Waals surface area contributed by atoms with E-state index in [0.717, 1.165) is 44.5 Å². The van der Waals surface area contributed by atoms with E-state index in [1.165, 1.54) is 0 Å². The lowest BCUT2D eigenvalue weighted by atomic mass is 10.1. The van der Waals surface area contributed by atoms with Crippen molar-refractivity contribution in [2.45, 2.75) is 6.54 Å². The molecule has 0 aliphatic rings.